The Labute approximate surface area is 390 Å². The number of sulfone groups is 2. The van der Waals surface area contributed by atoms with Gasteiger partial charge in [-0.3, -0.25) is 8.42 Å². The second-order valence-corrected chi connectivity index (χ2v) is 20.8. The Bertz CT molecular complexity index is 2470. The first-order chi connectivity index (χ1) is 28.0. The van der Waals surface area contributed by atoms with Crippen molar-refractivity contribution in [3.8, 4) is 0 Å². The van der Waals surface area contributed by atoms with E-state index in [1.54, 1.807) is 109 Å². The van der Waals surface area contributed by atoms with Crippen molar-refractivity contribution in [3.63, 3.8) is 0 Å². The van der Waals surface area contributed by atoms with Crippen LogP contribution in [0.5, 0.6) is 0 Å². The van der Waals surface area contributed by atoms with Crippen LogP contribution in [0.3, 0.4) is 0 Å². The number of nitrogen functional groups attached to an aromatic ring is 6. The van der Waals surface area contributed by atoms with Gasteiger partial charge in [-0.05, 0) is 140 Å². The summed E-state index contributed by atoms with van der Waals surface area (Å²) in [4.78, 5) is 4.62. The number of nitrogens with two attached hydrogens (primary N) is 6. The van der Waals surface area contributed by atoms with Crippen LogP contribution in [0.25, 0.3) is 0 Å². The number of hydrogen-bond donors (Lipinski definition) is 6. The molecule has 2 unspecified atom stereocenters. The Hall–Kier alpha value is -4.98. The predicted molar refractivity (Wildman–Crippen MR) is 280 cm³/mol. The molecule has 63 heavy (non-hydrogen) atoms. The van der Waals surface area contributed by atoms with Crippen LogP contribution in [-0.4, -0.2) is 62.8 Å². The van der Waals surface area contributed by atoms with Crippen LogP contribution in [0.4, 0.5) is 34.1 Å². The Morgan fingerprint density at radius 2 is 0.762 bits per heavy atom. The predicted octanol–water partition coefficient (Wildman–Crippen LogP) is 9.25. The zero-order chi connectivity index (χ0) is 45.5. The van der Waals surface area contributed by atoms with Crippen molar-refractivity contribution in [1.82, 2.24) is 0 Å². The minimum absolute atomic E-state index is 0. The molecule has 0 amide bonds. The van der Waals surface area contributed by atoms with E-state index in [1.165, 1.54) is 40.3 Å². The molecule has 0 aliphatic carbocycles. The van der Waals surface area contributed by atoms with E-state index in [1.807, 2.05) is 61.0 Å². The van der Waals surface area contributed by atoms with Gasteiger partial charge in [-0.15, -0.1) is 23.5 Å². The molecule has 0 radical (unpaired) electrons. The van der Waals surface area contributed by atoms with E-state index in [0.29, 0.717) is 27.6 Å². The summed E-state index contributed by atoms with van der Waals surface area (Å²) in [5, 5.41) is 0. The lowest BCUT2D eigenvalue weighted by molar-refractivity contribution is 0.600. The van der Waals surface area contributed by atoms with Crippen LogP contribution in [0.1, 0.15) is 22.3 Å². The van der Waals surface area contributed by atoms with E-state index >= 15 is 0 Å². The lowest BCUT2D eigenvalue weighted by Crippen LogP contribution is -1.97. The summed E-state index contributed by atoms with van der Waals surface area (Å²) in [6, 6.07) is 42.2. The fourth-order valence-corrected chi connectivity index (χ4v) is 7.33. The van der Waals surface area contributed by atoms with Crippen molar-refractivity contribution in [2.75, 3.05) is 71.9 Å². The molecule has 0 bridgehead atoms. The van der Waals surface area contributed by atoms with Gasteiger partial charge in [0.15, 0.2) is 19.7 Å². The van der Waals surface area contributed by atoms with Crippen molar-refractivity contribution in [2.45, 2.75) is 51.7 Å². The topological polar surface area (TPSA) is 259 Å². The van der Waals surface area contributed by atoms with Gasteiger partial charge < -0.3 is 34.4 Å². The molecule has 6 rings (SSSR count). The fraction of sp³-hybridized carbons (Fsp3) is 0.200. The number of benzene rings is 6. The highest BCUT2D eigenvalue weighted by atomic mass is 32.2. The zero-order valence-corrected chi connectivity index (χ0v) is 39.1. The molecule has 348 valence electrons. The molecule has 0 heterocycles. The molecular formula is C45H66N6O6S6. The minimum Gasteiger partial charge on any atom is -0.399 e. The van der Waals surface area contributed by atoms with E-state index in [2.05, 4.69) is 0 Å². The van der Waals surface area contributed by atoms with Crippen LogP contribution >= 0.6 is 23.5 Å². The molecule has 0 saturated heterocycles. The molecule has 6 aromatic rings. The van der Waals surface area contributed by atoms with Gasteiger partial charge in [-0.25, -0.2) is 16.8 Å². The monoisotopic (exact) mass is 978 g/mol. The molecule has 12 N–H and O–H groups in total. The van der Waals surface area contributed by atoms with Crippen molar-refractivity contribution in [2.24, 2.45) is 0 Å². The number of anilines is 6. The molecule has 0 aromatic heterocycles. The molecule has 6 aromatic carbocycles. The summed E-state index contributed by atoms with van der Waals surface area (Å²) in [5.41, 5.74) is 36.7. The van der Waals surface area contributed by atoms with Gasteiger partial charge in [0.2, 0.25) is 0 Å². The standard InChI is InChI=1S/2C7H9NO2S.2C7H9NOS.2C7H9NS.3CH4/c1-11(9,10)7-4-2-6(8)3-5-7;1-11(9,10)7-4-2-3-6(8)5-7;1-10(9)7-4-2-6(8)3-5-7;1-10(9)7-4-2-3-6(8)5-7;1-9-7-4-2-6(8)3-5-7;1-9-7-4-2-3-6(8)5-7;;;/h2*2-5H,8H2,1H3;2*2-5H,8H2,1H3;2*2-5H,8H2,1H3;3*1H4. The Morgan fingerprint density at radius 3 is 1.08 bits per heavy atom. The quantitative estimate of drug-likeness (QED) is 0.0672. The SMILES string of the molecule is C.C.C.CS(=O)(=O)c1ccc(N)cc1.CS(=O)(=O)c1cccc(N)c1.CS(=O)c1ccc(N)cc1.CS(=O)c1cccc(N)c1.CSc1ccc(N)cc1.CSc1cccc(N)c1. The highest BCUT2D eigenvalue weighted by Crippen LogP contribution is 2.17. The van der Waals surface area contributed by atoms with Crippen LogP contribution in [-0.2, 0) is 41.3 Å². The molecule has 0 spiro atoms. The third-order valence-corrected chi connectivity index (χ3v) is 12.8. The molecule has 12 nitrogen and oxygen atoms in total. The second-order valence-electron chi connectivity index (χ2n) is 12.3. The van der Waals surface area contributed by atoms with Crippen LogP contribution in [0.2, 0.25) is 0 Å². The van der Waals surface area contributed by atoms with Gasteiger partial charge in [-0.2, -0.15) is 0 Å². The van der Waals surface area contributed by atoms with Gasteiger partial charge in [0.1, 0.15) is 0 Å². The first-order valence-corrected chi connectivity index (χ1v) is 26.7. The number of thioether (sulfide) groups is 2. The molecule has 0 fully saturated rings. The van der Waals surface area contributed by atoms with Crippen molar-refractivity contribution >= 4 is 98.9 Å². The average Bonchev–Trinajstić information content (AvgIpc) is 3.19. The Morgan fingerprint density at radius 1 is 0.397 bits per heavy atom. The lowest BCUT2D eigenvalue weighted by Gasteiger charge is -1.97. The van der Waals surface area contributed by atoms with Crippen LogP contribution < -0.4 is 34.4 Å². The van der Waals surface area contributed by atoms with E-state index in [0.717, 1.165) is 27.4 Å². The molecule has 0 aliphatic rings. The van der Waals surface area contributed by atoms with Crippen molar-refractivity contribution in [1.29, 1.82) is 0 Å². The number of hydrogen-bond acceptors (Lipinski definition) is 14. The first kappa shape index (κ1) is 62.3. The Kier molecular flexibility index (Phi) is 31.4. The van der Waals surface area contributed by atoms with E-state index in [9.17, 15) is 25.3 Å². The fourth-order valence-electron chi connectivity index (χ4n) is 4.06. The largest absolute Gasteiger partial charge is 0.399 e. The van der Waals surface area contributed by atoms with E-state index < -0.39 is 41.3 Å². The van der Waals surface area contributed by atoms with E-state index in [-0.39, 0.29) is 27.2 Å². The summed E-state index contributed by atoms with van der Waals surface area (Å²) in [7, 11) is -7.99. The maximum atomic E-state index is 10.9. The number of rotatable bonds is 6. The maximum absolute atomic E-state index is 10.9. The van der Waals surface area contributed by atoms with Gasteiger partial charge in [0.05, 0.1) is 9.79 Å². The van der Waals surface area contributed by atoms with Crippen LogP contribution in [0.15, 0.2) is 175 Å². The highest BCUT2D eigenvalue weighted by Gasteiger charge is 2.06. The summed E-state index contributed by atoms with van der Waals surface area (Å²) in [6.45, 7) is 0. The molecule has 0 saturated carbocycles. The van der Waals surface area contributed by atoms with Gasteiger partial charge in [-0.1, -0.05) is 40.5 Å². The highest BCUT2D eigenvalue weighted by molar-refractivity contribution is 7.98. The molecule has 0 aliphatic heterocycles. The van der Waals surface area contributed by atoms with Gasteiger partial charge in [0.25, 0.3) is 0 Å². The van der Waals surface area contributed by atoms with Crippen molar-refractivity contribution in [3.05, 3.63) is 146 Å². The lowest BCUT2D eigenvalue weighted by atomic mass is 10.3. The molecular weight excluding hydrogens is 913 g/mol. The normalized spacial score (nSPS) is 10.8. The van der Waals surface area contributed by atoms with Gasteiger partial charge >= 0.3 is 0 Å². The third-order valence-electron chi connectivity index (χ3n) is 7.21. The summed E-state index contributed by atoms with van der Waals surface area (Å²) < 4.78 is 65.3. The Balaban J connectivity index is -0.000000680. The average molecular weight is 979 g/mol. The molecule has 2 atom stereocenters. The van der Waals surface area contributed by atoms with Crippen molar-refractivity contribution < 1.29 is 25.3 Å². The molecule has 18 heteroatoms. The van der Waals surface area contributed by atoms with Crippen LogP contribution in [0, 0.1) is 0 Å². The van der Waals surface area contributed by atoms with Gasteiger partial charge in [0, 0.05) is 100 Å². The zero-order valence-electron chi connectivity index (χ0n) is 34.2. The first-order valence-electron chi connectivity index (χ1n) is 17.3. The minimum atomic E-state index is -3.11. The maximum Gasteiger partial charge on any atom is 0.175 e. The summed E-state index contributed by atoms with van der Waals surface area (Å²) in [5.74, 6) is 0. The second kappa shape index (κ2) is 31.8. The summed E-state index contributed by atoms with van der Waals surface area (Å²) in [6.07, 6.45) is 9.68. The summed E-state index contributed by atoms with van der Waals surface area (Å²) >= 11 is 3.42. The van der Waals surface area contributed by atoms with E-state index in [4.69, 9.17) is 34.4 Å². The third kappa shape index (κ3) is 27.6. The smallest absolute Gasteiger partial charge is 0.175 e.